The second-order valence-corrected chi connectivity index (χ2v) is 8.40. The summed E-state index contributed by atoms with van der Waals surface area (Å²) in [6.45, 7) is 1.52. The molecule has 26 heavy (non-hydrogen) atoms. The van der Waals surface area contributed by atoms with Gasteiger partial charge in [-0.2, -0.15) is 18.4 Å². The lowest BCUT2D eigenvalue weighted by molar-refractivity contribution is -0.385. The Kier molecular flexibility index (Phi) is 4.97. The van der Waals surface area contributed by atoms with E-state index >= 15 is 0 Å². The maximum atomic E-state index is 13.5. The molecular weight excluding hydrogens is 381 g/mol. The average molecular weight is 395 g/mol. The maximum Gasteiger partial charge on any atom is 0.276 e. The number of nitro benzene ring substituents is 1. The Labute approximate surface area is 153 Å². The third-order valence-corrected chi connectivity index (χ3v) is 6.12. The predicted molar refractivity (Wildman–Crippen MR) is 96.4 cm³/mol. The van der Waals surface area contributed by atoms with Crippen molar-refractivity contribution in [2.45, 2.75) is 23.1 Å². The van der Waals surface area contributed by atoms with Crippen LogP contribution in [-0.2, 0) is 10.0 Å². The normalized spacial score (nSPS) is 15.5. The number of sulfonamides is 1. The van der Waals surface area contributed by atoms with Crippen molar-refractivity contribution in [3.8, 4) is 0 Å². The topological polar surface area (TPSA) is 102 Å². The molecule has 10 heteroatoms. The predicted octanol–water partition coefficient (Wildman–Crippen LogP) is 3.22. The molecule has 2 aromatic carbocycles. The first kappa shape index (κ1) is 18.3. The molecular formula is C16H14FN3O4S2. The summed E-state index contributed by atoms with van der Waals surface area (Å²) in [4.78, 5) is 13.0. The molecule has 0 bridgehead atoms. The van der Waals surface area contributed by atoms with Crippen molar-refractivity contribution < 1.29 is 17.7 Å². The van der Waals surface area contributed by atoms with Crippen LogP contribution in [0, 0.1) is 22.9 Å². The third kappa shape index (κ3) is 3.70. The maximum absolute atomic E-state index is 13.5. The van der Waals surface area contributed by atoms with Gasteiger partial charge in [0.1, 0.15) is 5.82 Å². The quantitative estimate of drug-likeness (QED) is 0.633. The molecule has 7 nitrogen and oxygen atoms in total. The molecule has 0 unspecified atom stereocenters. The Morgan fingerprint density at radius 1 is 1.27 bits per heavy atom. The van der Waals surface area contributed by atoms with Crippen LogP contribution in [0.3, 0.4) is 0 Å². The first-order chi connectivity index (χ1) is 12.3. The molecule has 0 aromatic heterocycles. The van der Waals surface area contributed by atoms with E-state index in [1.807, 2.05) is 0 Å². The summed E-state index contributed by atoms with van der Waals surface area (Å²) in [5.74, 6) is 0.255. The van der Waals surface area contributed by atoms with E-state index in [4.69, 9.17) is 0 Å². The fraction of sp³-hybridized carbons (Fsp3) is 0.188. The molecule has 0 aliphatic carbocycles. The van der Waals surface area contributed by atoms with Crippen molar-refractivity contribution in [2.75, 3.05) is 5.75 Å². The van der Waals surface area contributed by atoms with Crippen molar-refractivity contribution >= 4 is 33.2 Å². The molecule has 0 saturated carbocycles. The van der Waals surface area contributed by atoms with Gasteiger partial charge in [-0.1, -0.05) is 6.07 Å². The third-order valence-electron chi connectivity index (χ3n) is 3.84. The molecule has 2 aromatic rings. The van der Waals surface area contributed by atoms with Gasteiger partial charge in [-0.25, -0.2) is 4.39 Å². The van der Waals surface area contributed by atoms with Crippen LogP contribution in [-0.4, -0.2) is 24.8 Å². The number of nitro groups is 1. The van der Waals surface area contributed by atoms with E-state index in [1.165, 1.54) is 43.0 Å². The van der Waals surface area contributed by atoms with Gasteiger partial charge in [0.15, 0.2) is 0 Å². The molecule has 1 aliphatic heterocycles. The molecule has 0 amide bonds. The van der Waals surface area contributed by atoms with Gasteiger partial charge in [-0.15, -0.1) is 11.8 Å². The molecule has 1 aliphatic rings. The number of aryl methyl sites for hydroxylation is 1. The van der Waals surface area contributed by atoms with Crippen molar-refractivity contribution in [1.82, 2.24) is 4.83 Å². The van der Waals surface area contributed by atoms with Crippen molar-refractivity contribution in [3.63, 3.8) is 0 Å². The number of fused-ring (bicyclic) bond motifs is 1. The van der Waals surface area contributed by atoms with Gasteiger partial charge < -0.3 is 0 Å². The van der Waals surface area contributed by atoms with Crippen molar-refractivity contribution in [3.05, 3.63) is 63.5 Å². The zero-order chi connectivity index (χ0) is 18.9. The van der Waals surface area contributed by atoms with Gasteiger partial charge in [0.05, 0.1) is 15.5 Å². The Hall–Kier alpha value is -2.46. The Morgan fingerprint density at radius 3 is 2.77 bits per heavy atom. The summed E-state index contributed by atoms with van der Waals surface area (Å²) >= 11 is 1.54. The molecule has 0 radical (unpaired) electrons. The fourth-order valence-electron chi connectivity index (χ4n) is 2.48. The van der Waals surface area contributed by atoms with Gasteiger partial charge in [0.25, 0.3) is 15.7 Å². The summed E-state index contributed by atoms with van der Waals surface area (Å²) in [7, 11) is -4.09. The number of hydrogen-bond acceptors (Lipinski definition) is 6. The SMILES string of the molecule is Cc1ccc(S(=O)(=O)NN=C2CCSc3ccc(F)cc32)cc1[N+](=O)[O-]. The molecule has 3 rings (SSSR count). The second kappa shape index (κ2) is 7.04. The molecule has 1 heterocycles. The zero-order valence-corrected chi connectivity index (χ0v) is 15.2. The number of benzene rings is 2. The Bertz CT molecular complexity index is 1020. The first-order valence-corrected chi connectivity index (χ1v) is 10.0. The van der Waals surface area contributed by atoms with E-state index in [0.29, 0.717) is 29.0 Å². The zero-order valence-electron chi connectivity index (χ0n) is 13.6. The van der Waals surface area contributed by atoms with E-state index in [-0.39, 0.29) is 10.6 Å². The Morgan fingerprint density at radius 2 is 2.04 bits per heavy atom. The average Bonchev–Trinajstić information content (AvgIpc) is 2.60. The van der Waals surface area contributed by atoms with Crippen LogP contribution >= 0.6 is 11.8 Å². The number of hydrogen-bond donors (Lipinski definition) is 1. The van der Waals surface area contributed by atoms with E-state index in [1.54, 1.807) is 6.07 Å². The summed E-state index contributed by atoms with van der Waals surface area (Å²) in [6, 6.07) is 7.90. The van der Waals surface area contributed by atoms with Crippen LogP contribution in [0.4, 0.5) is 10.1 Å². The van der Waals surface area contributed by atoms with E-state index in [0.717, 1.165) is 11.0 Å². The van der Waals surface area contributed by atoms with Crippen LogP contribution in [0.25, 0.3) is 0 Å². The fourth-order valence-corrected chi connectivity index (χ4v) is 4.34. The van der Waals surface area contributed by atoms with Crippen LogP contribution in [0.15, 0.2) is 51.3 Å². The van der Waals surface area contributed by atoms with Crippen molar-refractivity contribution in [2.24, 2.45) is 5.10 Å². The highest BCUT2D eigenvalue weighted by Gasteiger charge is 2.21. The van der Waals surface area contributed by atoms with Gasteiger partial charge in [-0.05, 0) is 31.2 Å². The smallest absolute Gasteiger partial charge is 0.258 e. The monoisotopic (exact) mass is 395 g/mol. The summed E-state index contributed by atoms with van der Waals surface area (Å²) in [6.07, 6.45) is 0.470. The summed E-state index contributed by atoms with van der Waals surface area (Å²) < 4.78 is 38.3. The van der Waals surface area contributed by atoms with Crippen LogP contribution in [0.5, 0.6) is 0 Å². The summed E-state index contributed by atoms with van der Waals surface area (Å²) in [5, 5.41) is 14.9. The van der Waals surface area contributed by atoms with E-state index in [2.05, 4.69) is 9.93 Å². The largest absolute Gasteiger partial charge is 0.276 e. The molecule has 0 saturated heterocycles. The summed E-state index contributed by atoms with van der Waals surface area (Å²) in [5.41, 5.74) is 1.03. The lowest BCUT2D eigenvalue weighted by Gasteiger charge is -2.17. The van der Waals surface area contributed by atoms with Gasteiger partial charge in [0.2, 0.25) is 0 Å². The second-order valence-electron chi connectivity index (χ2n) is 5.60. The molecule has 0 fully saturated rings. The number of nitrogens with zero attached hydrogens (tertiary/aromatic N) is 2. The number of hydrazone groups is 1. The Balaban J connectivity index is 1.93. The van der Waals surface area contributed by atoms with Gasteiger partial charge in [0, 0.05) is 34.3 Å². The van der Waals surface area contributed by atoms with Crippen LogP contribution < -0.4 is 4.83 Å². The molecule has 0 atom stereocenters. The van der Waals surface area contributed by atoms with Gasteiger partial charge >= 0.3 is 0 Å². The number of nitrogens with one attached hydrogen (secondary N) is 1. The minimum atomic E-state index is -4.09. The molecule has 0 spiro atoms. The molecule has 136 valence electrons. The minimum absolute atomic E-state index is 0.260. The standard InChI is InChI=1S/C16H14FN3O4S2/c1-10-2-4-12(9-15(10)20(21)22)26(23,24)19-18-14-6-7-25-16-5-3-11(17)8-13(14)16/h2-5,8-9,19H,6-7H2,1H3. The minimum Gasteiger partial charge on any atom is -0.258 e. The van der Waals surface area contributed by atoms with Gasteiger partial charge in [-0.3, -0.25) is 10.1 Å². The first-order valence-electron chi connectivity index (χ1n) is 7.54. The van der Waals surface area contributed by atoms with E-state index in [9.17, 15) is 22.9 Å². The molecule has 1 N–H and O–H groups in total. The van der Waals surface area contributed by atoms with Crippen LogP contribution in [0.2, 0.25) is 0 Å². The lowest BCUT2D eigenvalue weighted by Crippen LogP contribution is -2.22. The highest BCUT2D eigenvalue weighted by atomic mass is 32.2. The number of halogens is 1. The van der Waals surface area contributed by atoms with Crippen molar-refractivity contribution in [1.29, 1.82) is 0 Å². The highest BCUT2D eigenvalue weighted by molar-refractivity contribution is 7.99. The lowest BCUT2D eigenvalue weighted by atomic mass is 10.1. The van der Waals surface area contributed by atoms with Crippen LogP contribution in [0.1, 0.15) is 17.5 Å². The van der Waals surface area contributed by atoms with E-state index < -0.39 is 20.8 Å². The highest BCUT2D eigenvalue weighted by Crippen LogP contribution is 2.30. The number of rotatable bonds is 4. The number of thioether (sulfide) groups is 1.